The topological polar surface area (TPSA) is 43.6 Å². The maximum Gasteiger partial charge on any atom is 0.319 e. The van der Waals surface area contributed by atoms with E-state index in [-0.39, 0.29) is 5.97 Å². The average molecular weight is 295 g/mol. The minimum Gasteiger partial charge on any atom is -0.468 e. The van der Waals surface area contributed by atoms with E-state index in [4.69, 9.17) is 4.74 Å². The van der Waals surface area contributed by atoms with Gasteiger partial charge in [0.05, 0.1) is 12.6 Å². The van der Waals surface area contributed by atoms with Crippen molar-refractivity contribution in [3.05, 3.63) is 34.8 Å². The smallest absolute Gasteiger partial charge is 0.319 e. The Morgan fingerprint density at radius 2 is 2.29 bits per heavy atom. The van der Waals surface area contributed by atoms with Gasteiger partial charge >= 0.3 is 5.97 Å². The molecule has 5 heteroatoms. The van der Waals surface area contributed by atoms with Gasteiger partial charge in [0.1, 0.15) is 15.8 Å². The molecular formula is C12H11BrN2O2. The van der Waals surface area contributed by atoms with E-state index < -0.39 is 5.41 Å². The van der Waals surface area contributed by atoms with Crippen molar-refractivity contribution in [1.29, 1.82) is 0 Å². The highest BCUT2D eigenvalue weighted by Crippen LogP contribution is 2.49. The molecule has 0 atom stereocenters. The number of fused-ring (bicyclic) bond motifs is 1. The molecule has 17 heavy (non-hydrogen) atoms. The molecule has 88 valence electrons. The van der Waals surface area contributed by atoms with Gasteiger partial charge < -0.3 is 9.14 Å². The molecule has 1 aliphatic rings. The number of imidazole rings is 1. The molecule has 0 aliphatic heterocycles. The molecule has 0 aromatic carbocycles. The Morgan fingerprint density at radius 3 is 2.94 bits per heavy atom. The molecule has 4 nitrogen and oxygen atoms in total. The van der Waals surface area contributed by atoms with Crippen LogP contribution in [0.25, 0.3) is 5.52 Å². The van der Waals surface area contributed by atoms with Crippen LogP contribution in [0, 0.1) is 0 Å². The Kier molecular flexibility index (Phi) is 2.26. The third-order valence-electron chi connectivity index (χ3n) is 3.26. The van der Waals surface area contributed by atoms with Crippen molar-refractivity contribution in [2.45, 2.75) is 18.3 Å². The average Bonchev–Trinajstić information content (AvgIpc) is 3.10. The highest BCUT2D eigenvalue weighted by molar-refractivity contribution is 9.10. The molecule has 0 radical (unpaired) electrons. The van der Waals surface area contributed by atoms with E-state index in [1.165, 1.54) is 7.11 Å². The van der Waals surface area contributed by atoms with Gasteiger partial charge in [0.25, 0.3) is 0 Å². The maximum absolute atomic E-state index is 11.9. The van der Waals surface area contributed by atoms with Crippen LogP contribution in [0.15, 0.2) is 29.0 Å². The van der Waals surface area contributed by atoms with E-state index in [0.717, 1.165) is 28.8 Å². The first-order valence-corrected chi connectivity index (χ1v) is 6.20. The Balaban J connectivity index is 2.22. The summed E-state index contributed by atoms with van der Waals surface area (Å²) in [5.41, 5.74) is 0.433. The number of nitrogens with zero attached hydrogens (tertiary/aromatic N) is 2. The van der Waals surface area contributed by atoms with Crippen LogP contribution in [-0.4, -0.2) is 22.5 Å². The van der Waals surface area contributed by atoms with Crippen molar-refractivity contribution in [1.82, 2.24) is 9.38 Å². The van der Waals surface area contributed by atoms with E-state index in [2.05, 4.69) is 20.9 Å². The number of carbonyl (C=O) groups is 1. The minimum absolute atomic E-state index is 0.194. The van der Waals surface area contributed by atoms with Gasteiger partial charge in [0, 0.05) is 6.20 Å². The summed E-state index contributed by atoms with van der Waals surface area (Å²) in [6.07, 6.45) is 3.53. The quantitative estimate of drug-likeness (QED) is 0.799. The Bertz CT molecular complexity index is 602. The van der Waals surface area contributed by atoms with Gasteiger partial charge in [0.2, 0.25) is 0 Å². The third-order valence-corrected chi connectivity index (χ3v) is 3.84. The molecule has 1 saturated carbocycles. The molecule has 2 heterocycles. The van der Waals surface area contributed by atoms with Crippen LogP contribution in [0.5, 0.6) is 0 Å². The molecule has 3 rings (SSSR count). The van der Waals surface area contributed by atoms with Crippen molar-refractivity contribution < 1.29 is 9.53 Å². The van der Waals surface area contributed by atoms with E-state index in [1.54, 1.807) is 0 Å². The van der Waals surface area contributed by atoms with Gasteiger partial charge in [-0.25, -0.2) is 4.98 Å². The van der Waals surface area contributed by atoms with Gasteiger partial charge in [0.15, 0.2) is 0 Å². The molecule has 2 aromatic rings. The molecular weight excluding hydrogens is 284 g/mol. The van der Waals surface area contributed by atoms with Gasteiger partial charge in [-0.15, -0.1) is 0 Å². The number of ether oxygens (including phenoxy) is 1. The molecule has 0 amide bonds. The second-order valence-corrected chi connectivity index (χ2v) is 5.01. The standard InChI is InChI=1S/C12H11BrN2O2/c1-17-11(16)12(5-6-12)10-14-9(13)8-4-2-3-7-15(8)10/h2-4,7H,5-6H2,1H3. The van der Waals surface area contributed by atoms with Gasteiger partial charge in [-0.3, -0.25) is 4.79 Å². The normalized spacial score (nSPS) is 17.1. The van der Waals surface area contributed by atoms with Crippen molar-refractivity contribution >= 4 is 27.4 Å². The molecule has 1 aliphatic carbocycles. The summed E-state index contributed by atoms with van der Waals surface area (Å²) in [7, 11) is 1.42. The second-order valence-electron chi connectivity index (χ2n) is 4.26. The monoisotopic (exact) mass is 294 g/mol. The van der Waals surface area contributed by atoms with E-state index in [0.29, 0.717) is 0 Å². The molecule has 0 unspecified atom stereocenters. The van der Waals surface area contributed by atoms with Crippen molar-refractivity contribution in [2.24, 2.45) is 0 Å². The van der Waals surface area contributed by atoms with Crippen molar-refractivity contribution in [2.75, 3.05) is 7.11 Å². The largest absolute Gasteiger partial charge is 0.468 e. The van der Waals surface area contributed by atoms with Crippen molar-refractivity contribution in [3.8, 4) is 0 Å². The van der Waals surface area contributed by atoms with E-state index in [9.17, 15) is 4.79 Å². The lowest BCUT2D eigenvalue weighted by molar-refractivity contribution is -0.143. The van der Waals surface area contributed by atoms with Crippen LogP contribution in [-0.2, 0) is 14.9 Å². The summed E-state index contributed by atoms with van der Waals surface area (Å²) < 4.78 is 7.60. The lowest BCUT2D eigenvalue weighted by Crippen LogP contribution is -2.24. The SMILES string of the molecule is COC(=O)C1(c2nc(Br)c3ccccn23)CC1. The van der Waals surface area contributed by atoms with Crippen LogP contribution in [0.2, 0.25) is 0 Å². The summed E-state index contributed by atoms with van der Waals surface area (Å²) >= 11 is 3.42. The number of carbonyl (C=O) groups excluding carboxylic acids is 1. The maximum atomic E-state index is 11.9. The highest BCUT2D eigenvalue weighted by Gasteiger charge is 2.56. The Morgan fingerprint density at radius 1 is 1.53 bits per heavy atom. The zero-order valence-corrected chi connectivity index (χ0v) is 10.9. The van der Waals surface area contributed by atoms with Gasteiger partial charge in [-0.2, -0.15) is 0 Å². The molecule has 0 saturated heterocycles. The number of methoxy groups -OCH3 is 1. The zero-order valence-electron chi connectivity index (χ0n) is 9.31. The first-order valence-electron chi connectivity index (χ1n) is 5.40. The predicted octanol–water partition coefficient (Wildman–Crippen LogP) is 2.30. The van der Waals surface area contributed by atoms with Gasteiger partial charge in [-0.05, 0) is 40.9 Å². The molecule has 1 fully saturated rings. The predicted molar refractivity (Wildman–Crippen MR) is 65.8 cm³/mol. The van der Waals surface area contributed by atoms with Crippen LogP contribution in [0.1, 0.15) is 18.7 Å². The number of esters is 1. The summed E-state index contributed by atoms with van der Waals surface area (Å²) in [6.45, 7) is 0. The molecule has 0 bridgehead atoms. The number of halogens is 1. The summed E-state index contributed by atoms with van der Waals surface area (Å²) in [4.78, 5) is 16.3. The van der Waals surface area contributed by atoms with Gasteiger partial charge in [-0.1, -0.05) is 6.07 Å². The van der Waals surface area contributed by atoms with E-state index >= 15 is 0 Å². The fraction of sp³-hybridized carbons (Fsp3) is 0.333. The number of rotatable bonds is 2. The van der Waals surface area contributed by atoms with Crippen LogP contribution < -0.4 is 0 Å². The first-order chi connectivity index (χ1) is 8.19. The fourth-order valence-corrected chi connectivity index (χ4v) is 2.67. The van der Waals surface area contributed by atoms with Crippen LogP contribution in [0.3, 0.4) is 0 Å². The Hall–Kier alpha value is -1.36. The summed E-state index contributed by atoms with van der Waals surface area (Å²) in [5, 5.41) is 0. The number of aromatic nitrogens is 2. The Labute approximate surface area is 107 Å². The molecule has 0 N–H and O–H groups in total. The van der Waals surface area contributed by atoms with E-state index in [1.807, 2.05) is 28.8 Å². The van der Waals surface area contributed by atoms with Crippen LogP contribution >= 0.6 is 15.9 Å². The minimum atomic E-state index is -0.537. The number of hydrogen-bond donors (Lipinski definition) is 0. The van der Waals surface area contributed by atoms with Crippen LogP contribution in [0.4, 0.5) is 0 Å². The lowest BCUT2D eigenvalue weighted by atomic mass is 10.1. The summed E-state index contributed by atoms with van der Waals surface area (Å²) in [6, 6.07) is 5.84. The number of pyridine rings is 1. The first kappa shape index (κ1) is 10.8. The zero-order chi connectivity index (χ0) is 12.0. The third kappa shape index (κ3) is 1.42. The molecule has 2 aromatic heterocycles. The summed E-state index contributed by atoms with van der Waals surface area (Å²) in [5.74, 6) is 0.576. The second kappa shape index (κ2) is 3.57. The number of hydrogen-bond acceptors (Lipinski definition) is 3. The highest BCUT2D eigenvalue weighted by atomic mass is 79.9. The fourth-order valence-electron chi connectivity index (χ4n) is 2.18. The lowest BCUT2D eigenvalue weighted by Gasteiger charge is -2.10. The van der Waals surface area contributed by atoms with Crippen molar-refractivity contribution in [3.63, 3.8) is 0 Å². The molecule has 0 spiro atoms.